The average Bonchev–Trinajstić information content (AvgIpc) is 2.48. The lowest BCUT2D eigenvalue weighted by Crippen LogP contribution is -2.30. The molecule has 0 saturated carbocycles. The van der Waals surface area contributed by atoms with E-state index in [1.54, 1.807) is 23.1 Å². The fraction of sp³-hybridized carbons (Fsp3) is 0.125. The highest BCUT2D eigenvalue weighted by Crippen LogP contribution is 2.18. The van der Waals surface area contributed by atoms with E-state index in [1.807, 2.05) is 37.3 Å². The number of rotatable bonds is 4. The quantitative estimate of drug-likeness (QED) is 0.903. The molecule has 0 bridgehead atoms. The molecule has 0 unspecified atom stereocenters. The zero-order valence-electron chi connectivity index (χ0n) is 11.6. The number of carbonyl (C=O) groups excluding carboxylic acids is 1. The number of nitrogens with one attached hydrogen (secondary N) is 1. The van der Waals surface area contributed by atoms with Crippen LogP contribution in [0.1, 0.15) is 17.3 Å². The number of nitrogens with zero attached hydrogens (tertiary/aromatic N) is 1. The lowest BCUT2D eigenvalue weighted by Gasteiger charge is -2.21. The van der Waals surface area contributed by atoms with E-state index in [2.05, 4.69) is 5.32 Å². The Morgan fingerprint density at radius 3 is 2.43 bits per heavy atom. The van der Waals surface area contributed by atoms with Crippen LogP contribution in [0, 0.1) is 0 Å². The van der Waals surface area contributed by atoms with Crippen LogP contribution in [0.15, 0.2) is 54.6 Å². The van der Waals surface area contributed by atoms with Crippen molar-refractivity contribution in [3.63, 3.8) is 0 Å². The van der Waals surface area contributed by atoms with Gasteiger partial charge in [-0.3, -0.25) is 10.1 Å². The second-order valence-corrected chi connectivity index (χ2v) is 4.40. The minimum Gasteiger partial charge on any atom is -0.465 e. The van der Waals surface area contributed by atoms with Crippen molar-refractivity contribution in [2.75, 3.05) is 16.8 Å². The topological polar surface area (TPSA) is 69.6 Å². The van der Waals surface area contributed by atoms with E-state index in [0.717, 1.165) is 5.69 Å². The van der Waals surface area contributed by atoms with Crippen molar-refractivity contribution in [3.8, 4) is 0 Å². The van der Waals surface area contributed by atoms with Crippen LogP contribution in [0.5, 0.6) is 0 Å². The van der Waals surface area contributed by atoms with Gasteiger partial charge in [0.1, 0.15) is 0 Å². The lowest BCUT2D eigenvalue weighted by atomic mass is 10.1. The summed E-state index contributed by atoms with van der Waals surface area (Å²) in [7, 11) is 0. The SMILES string of the molecule is CCN(C(=O)c1cccc(NC(=O)O)c1)c1ccccc1. The molecule has 0 aromatic heterocycles. The first-order valence-electron chi connectivity index (χ1n) is 6.58. The molecule has 2 amide bonds. The third kappa shape index (κ3) is 3.60. The van der Waals surface area contributed by atoms with Crippen LogP contribution in [-0.2, 0) is 0 Å². The number of hydrogen-bond donors (Lipinski definition) is 2. The molecule has 0 spiro atoms. The summed E-state index contributed by atoms with van der Waals surface area (Å²) in [6, 6.07) is 15.8. The maximum Gasteiger partial charge on any atom is 0.409 e. The van der Waals surface area contributed by atoms with Gasteiger partial charge in [-0.15, -0.1) is 0 Å². The highest BCUT2D eigenvalue weighted by Gasteiger charge is 2.16. The van der Waals surface area contributed by atoms with Crippen LogP contribution < -0.4 is 10.2 Å². The van der Waals surface area contributed by atoms with Crippen LogP contribution in [0.3, 0.4) is 0 Å². The van der Waals surface area contributed by atoms with Crippen molar-refractivity contribution in [1.82, 2.24) is 0 Å². The zero-order chi connectivity index (χ0) is 15.2. The minimum atomic E-state index is -1.16. The van der Waals surface area contributed by atoms with E-state index in [1.165, 1.54) is 6.07 Å². The van der Waals surface area contributed by atoms with Gasteiger partial charge < -0.3 is 10.0 Å². The predicted molar refractivity (Wildman–Crippen MR) is 81.9 cm³/mol. The largest absolute Gasteiger partial charge is 0.465 e. The van der Waals surface area contributed by atoms with Crippen LogP contribution in [0.4, 0.5) is 16.2 Å². The third-order valence-electron chi connectivity index (χ3n) is 2.99. The standard InChI is InChI=1S/C16H16N2O3/c1-2-18(14-9-4-3-5-10-14)15(19)12-7-6-8-13(11-12)17-16(20)21/h3-11,17H,2H2,1H3,(H,20,21). The molecule has 0 saturated heterocycles. The van der Waals surface area contributed by atoms with Crippen LogP contribution >= 0.6 is 0 Å². The molecule has 2 aromatic rings. The molecule has 5 nitrogen and oxygen atoms in total. The van der Waals surface area contributed by atoms with Gasteiger partial charge in [0.05, 0.1) is 0 Å². The highest BCUT2D eigenvalue weighted by atomic mass is 16.4. The Morgan fingerprint density at radius 2 is 1.81 bits per heavy atom. The Labute approximate surface area is 122 Å². The molecule has 0 atom stereocenters. The molecule has 2 N–H and O–H groups in total. The molecule has 21 heavy (non-hydrogen) atoms. The van der Waals surface area contributed by atoms with Gasteiger partial charge in [0, 0.05) is 23.5 Å². The molecule has 5 heteroatoms. The number of carbonyl (C=O) groups is 2. The van der Waals surface area contributed by atoms with E-state index < -0.39 is 6.09 Å². The molecule has 0 radical (unpaired) electrons. The molecular weight excluding hydrogens is 268 g/mol. The Morgan fingerprint density at radius 1 is 1.10 bits per heavy atom. The second-order valence-electron chi connectivity index (χ2n) is 4.40. The third-order valence-corrected chi connectivity index (χ3v) is 2.99. The highest BCUT2D eigenvalue weighted by molar-refractivity contribution is 6.06. The maximum atomic E-state index is 12.6. The Balaban J connectivity index is 2.28. The van der Waals surface area contributed by atoms with Gasteiger partial charge >= 0.3 is 6.09 Å². The molecule has 0 fully saturated rings. The Hall–Kier alpha value is -2.82. The fourth-order valence-electron chi connectivity index (χ4n) is 2.06. The predicted octanol–water partition coefficient (Wildman–Crippen LogP) is 3.44. The number of amides is 2. The molecule has 108 valence electrons. The Kier molecular flexibility index (Phi) is 4.56. The van der Waals surface area contributed by atoms with Gasteiger partial charge in [-0.25, -0.2) is 4.79 Å². The lowest BCUT2D eigenvalue weighted by molar-refractivity contribution is 0.0988. The van der Waals surface area contributed by atoms with E-state index in [9.17, 15) is 9.59 Å². The van der Waals surface area contributed by atoms with E-state index in [-0.39, 0.29) is 5.91 Å². The molecule has 0 aliphatic heterocycles. The summed E-state index contributed by atoms with van der Waals surface area (Å²) in [5, 5.41) is 11.0. The Bertz CT molecular complexity index is 641. The number of hydrogen-bond acceptors (Lipinski definition) is 2. The van der Waals surface area contributed by atoms with Gasteiger partial charge in [0.15, 0.2) is 0 Å². The van der Waals surface area contributed by atoms with Crippen molar-refractivity contribution in [2.24, 2.45) is 0 Å². The van der Waals surface area contributed by atoms with Gasteiger partial charge in [-0.05, 0) is 37.3 Å². The fourth-order valence-corrected chi connectivity index (χ4v) is 2.06. The van der Waals surface area contributed by atoms with E-state index >= 15 is 0 Å². The molecule has 0 aliphatic rings. The van der Waals surface area contributed by atoms with Gasteiger partial charge in [-0.2, -0.15) is 0 Å². The van der Waals surface area contributed by atoms with Crippen LogP contribution in [0.25, 0.3) is 0 Å². The first kappa shape index (κ1) is 14.6. The summed E-state index contributed by atoms with van der Waals surface area (Å²) in [6.07, 6.45) is -1.16. The smallest absolute Gasteiger partial charge is 0.409 e. The van der Waals surface area contributed by atoms with E-state index in [0.29, 0.717) is 17.8 Å². The number of para-hydroxylation sites is 1. The summed E-state index contributed by atoms with van der Waals surface area (Å²) >= 11 is 0. The summed E-state index contributed by atoms with van der Waals surface area (Å²) in [6.45, 7) is 2.42. The van der Waals surface area contributed by atoms with Gasteiger partial charge in [0.25, 0.3) is 5.91 Å². The van der Waals surface area contributed by atoms with Crippen molar-refractivity contribution in [1.29, 1.82) is 0 Å². The van der Waals surface area contributed by atoms with Crippen LogP contribution in [0.2, 0.25) is 0 Å². The van der Waals surface area contributed by atoms with Crippen LogP contribution in [-0.4, -0.2) is 23.7 Å². The number of carboxylic acid groups (broad SMARTS) is 1. The average molecular weight is 284 g/mol. The summed E-state index contributed by atoms with van der Waals surface area (Å²) in [5.41, 5.74) is 1.62. The van der Waals surface area contributed by atoms with Gasteiger partial charge in [0.2, 0.25) is 0 Å². The summed E-state index contributed by atoms with van der Waals surface area (Å²) in [4.78, 5) is 24.9. The molecular formula is C16H16N2O3. The summed E-state index contributed by atoms with van der Waals surface area (Å²) in [5.74, 6) is -0.169. The monoisotopic (exact) mass is 284 g/mol. The zero-order valence-corrected chi connectivity index (χ0v) is 11.6. The normalized spacial score (nSPS) is 9.95. The number of benzene rings is 2. The van der Waals surface area contributed by atoms with Crippen molar-refractivity contribution in [2.45, 2.75) is 6.92 Å². The minimum absolute atomic E-state index is 0.169. The molecule has 2 rings (SSSR count). The first-order chi connectivity index (χ1) is 10.1. The second kappa shape index (κ2) is 6.56. The maximum absolute atomic E-state index is 12.6. The first-order valence-corrected chi connectivity index (χ1v) is 6.58. The molecule has 0 aliphatic carbocycles. The number of anilines is 2. The molecule has 2 aromatic carbocycles. The van der Waals surface area contributed by atoms with Crippen molar-refractivity contribution < 1.29 is 14.7 Å². The van der Waals surface area contributed by atoms with Gasteiger partial charge in [-0.1, -0.05) is 24.3 Å². The molecule has 0 heterocycles. The van der Waals surface area contributed by atoms with E-state index in [4.69, 9.17) is 5.11 Å². The summed E-state index contributed by atoms with van der Waals surface area (Å²) < 4.78 is 0. The van der Waals surface area contributed by atoms with Crippen molar-refractivity contribution in [3.05, 3.63) is 60.2 Å². The van der Waals surface area contributed by atoms with Crippen molar-refractivity contribution >= 4 is 23.4 Å².